The molecule has 5 nitrogen and oxygen atoms in total. The van der Waals surface area contributed by atoms with Crippen molar-refractivity contribution < 1.29 is 4.79 Å². The number of H-pyrrole nitrogens is 1. The number of hydrogen-bond donors (Lipinski definition) is 2. The molecule has 1 aromatic heterocycles. The molecule has 5 heteroatoms. The molecule has 1 atom stereocenters. The van der Waals surface area contributed by atoms with Crippen molar-refractivity contribution in [1.82, 2.24) is 15.3 Å². The van der Waals surface area contributed by atoms with Crippen LogP contribution in [0.4, 0.5) is 0 Å². The van der Waals surface area contributed by atoms with Crippen molar-refractivity contribution in [3.05, 3.63) is 40.1 Å². The van der Waals surface area contributed by atoms with E-state index in [0.717, 1.165) is 19.0 Å². The molecule has 2 N–H and O–H groups in total. The summed E-state index contributed by atoms with van der Waals surface area (Å²) in [5.74, 6) is -0.292. The van der Waals surface area contributed by atoms with Crippen LogP contribution >= 0.6 is 0 Å². The van der Waals surface area contributed by atoms with Crippen LogP contribution in [-0.4, -0.2) is 21.9 Å². The summed E-state index contributed by atoms with van der Waals surface area (Å²) in [4.78, 5) is 29.1. The average molecular weight is 247 g/mol. The fourth-order valence-corrected chi connectivity index (χ4v) is 2.12. The van der Waals surface area contributed by atoms with Crippen molar-refractivity contribution in [3.63, 3.8) is 0 Å². The number of nitrogens with one attached hydrogen (secondary N) is 2. The van der Waals surface area contributed by atoms with Gasteiger partial charge in [-0.3, -0.25) is 14.6 Å². The van der Waals surface area contributed by atoms with E-state index >= 15 is 0 Å². The molecule has 2 rings (SSSR count). The summed E-state index contributed by atoms with van der Waals surface area (Å²) in [5.41, 5.74) is 1.10. The topological polar surface area (TPSA) is 74.8 Å². The Balaban J connectivity index is 2.03. The Morgan fingerprint density at radius 1 is 1.44 bits per heavy atom. The second-order valence-corrected chi connectivity index (χ2v) is 4.53. The van der Waals surface area contributed by atoms with E-state index in [1.54, 1.807) is 0 Å². The number of nitrogens with zero attached hydrogens (tertiary/aromatic N) is 1. The lowest BCUT2D eigenvalue weighted by Gasteiger charge is -2.20. The number of allylic oxidation sites excluding steroid dienone is 1. The lowest BCUT2D eigenvalue weighted by molar-refractivity contribution is 0.0939. The lowest BCUT2D eigenvalue weighted by atomic mass is 9.95. The second-order valence-electron chi connectivity index (χ2n) is 4.53. The van der Waals surface area contributed by atoms with E-state index in [9.17, 15) is 9.59 Å². The zero-order valence-electron chi connectivity index (χ0n) is 10.4. The lowest BCUT2D eigenvalue weighted by Crippen LogP contribution is -2.35. The minimum atomic E-state index is -0.368. The maximum absolute atomic E-state index is 11.9. The Kier molecular flexibility index (Phi) is 3.92. The molecule has 0 aliphatic heterocycles. The molecule has 0 unspecified atom stereocenters. The van der Waals surface area contributed by atoms with Crippen LogP contribution in [0.1, 0.15) is 43.1 Å². The molecule has 1 heterocycles. The van der Waals surface area contributed by atoms with Gasteiger partial charge in [0.2, 0.25) is 0 Å². The highest BCUT2D eigenvalue weighted by Gasteiger charge is 2.15. The van der Waals surface area contributed by atoms with Crippen molar-refractivity contribution >= 4 is 5.91 Å². The van der Waals surface area contributed by atoms with E-state index in [2.05, 4.69) is 21.4 Å². The van der Waals surface area contributed by atoms with Crippen LogP contribution in [0.5, 0.6) is 0 Å². The van der Waals surface area contributed by atoms with Crippen LogP contribution in [-0.2, 0) is 0 Å². The molecule has 0 bridgehead atoms. The van der Waals surface area contributed by atoms with Crippen molar-refractivity contribution in [1.29, 1.82) is 0 Å². The van der Waals surface area contributed by atoms with Crippen LogP contribution in [0.2, 0.25) is 0 Å². The highest BCUT2D eigenvalue weighted by atomic mass is 16.2. The van der Waals surface area contributed by atoms with Crippen LogP contribution in [0.25, 0.3) is 0 Å². The van der Waals surface area contributed by atoms with Crippen molar-refractivity contribution in [2.75, 3.05) is 0 Å². The quantitative estimate of drug-likeness (QED) is 0.792. The van der Waals surface area contributed by atoms with Crippen LogP contribution in [0.15, 0.2) is 28.8 Å². The van der Waals surface area contributed by atoms with Crippen LogP contribution < -0.4 is 10.9 Å². The molecule has 0 fully saturated rings. The van der Waals surface area contributed by atoms with E-state index in [1.807, 2.05) is 6.92 Å². The molecule has 0 saturated carbocycles. The standard InChI is InChI=1S/C13H17N3O2/c1-9(10-5-3-2-4-6-10)15-13(18)11-7-14-8-12(17)16-11/h5,7-9H,2-4,6H2,1H3,(H,15,18)(H,16,17)/t9-/m0/s1. The largest absolute Gasteiger partial charge is 0.345 e. The third kappa shape index (κ3) is 3.06. The van der Waals surface area contributed by atoms with E-state index in [0.29, 0.717) is 0 Å². The summed E-state index contributed by atoms with van der Waals surface area (Å²) in [6, 6.07) is 0.00140. The fourth-order valence-electron chi connectivity index (χ4n) is 2.12. The molecule has 0 saturated heterocycles. The second kappa shape index (κ2) is 5.62. The molecule has 0 radical (unpaired) electrons. The number of carbonyl (C=O) groups is 1. The molecule has 0 spiro atoms. The normalized spacial score (nSPS) is 16.8. The third-order valence-electron chi connectivity index (χ3n) is 3.13. The molecule has 96 valence electrons. The monoisotopic (exact) mass is 247 g/mol. The fraction of sp³-hybridized carbons (Fsp3) is 0.462. The number of aromatic nitrogens is 2. The minimum absolute atomic E-state index is 0.00140. The van der Waals surface area contributed by atoms with Gasteiger partial charge in [0, 0.05) is 6.04 Å². The average Bonchev–Trinajstić information content (AvgIpc) is 2.39. The maximum Gasteiger partial charge on any atom is 0.269 e. The molecular formula is C13H17N3O2. The van der Waals surface area contributed by atoms with E-state index in [4.69, 9.17) is 0 Å². The van der Waals surface area contributed by atoms with Gasteiger partial charge in [-0.25, -0.2) is 0 Å². The zero-order chi connectivity index (χ0) is 13.0. The molecule has 18 heavy (non-hydrogen) atoms. The summed E-state index contributed by atoms with van der Waals surface area (Å²) < 4.78 is 0. The molecule has 1 amide bonds. The predicted octanol–water partition coefficient (Wildman–Crippen LogP) is 1.39. The van der Waals surface area contributed by atoms with Gasteiger partial charge in [0.25, 0.3) is 11.5 Å². The summed E-state index contributed by atoms with van der Waals surface area (Å²) in [6.45, 7) is 1.96. The smallest absolute Gasteiger partial charge is 0.269 e. The van der Waals surface area contributed by atoms with Gasteiger partial charge in [-0.2, -0.15) is 0 Å². The zero-order valence-corrected chi connectivity index (χ0v) is 10.4. The predicted molar refractivity (Wildman–Crippen MR) is 68.3 cm³/mol. The number of carbonyl (C=O) groups excluding carboxylic acids is 1. The Bertz CT molecular complexity index is 519. The number of hydrogen-bond acceptors (Lipinski definition) is 3. The number of rotatable bonds is 3. The van der Waals surface area contributed by atoms with Gasteiger partial charge in [-0.1, -0.05) is 11.6 Å². The Morgan fingerprint density at radius 2 is 2.28 bits per heavy atom. The summed E-state index contributed by atoms with van der Waals surface area (Å²) >= 11 is 0. The first-order valence-electron chi connectivity index (χ1n) is 6.21. The first-order chi connectivity index (χ1) is 8.66. The third-order valence-corrected chi connectivity index (χ3v) is 3.13. The highest BCUT2D eigenvalue weighted by Crippen LogP contribution is 2.20. The van der Waals surface area contributed by atoms with Crippen LogP contribution in [0.3, 0.4) is 0 Å². The van der Waals surface area contributed by atoms with E-state index in [1.165, 1.54) is 24.6 Å². The van der Waals surface area contributed by atoms with E-state index in [-0.39, 0.29) is 23.2 Å². The summed E-state index contributed by atoms with van der Waals surface area (Å²) in [6.07, 6.45) is 9.21. The van der Waals surface area contributed by atoms with Gasteiger partial charge < -0.3 is 10.3 Å². The molecule has 1 aliphatic carbocycles. The molecular weight excluding hydrogens is 230 g/mol. The van der Waals surface area contributed by atoms with Gasteiger partial charge >= 0.3 is 0 Å². The summed E-state index contributed by atoms with van der Waals surface area (Å²) in [5, 5.41) is 2.88. The molecule has 0 aromatic carbocycles. The number of aromatic amines is 1. The Morgan fingerprint density at radius 3 is 2.94 bits per heavy atom. The molecule has 1 aliphatic rings. The van der Waals surface area contributed by atoms with Gasteiger partial charge in [0.1, 0.15) is 5.69 Å². The summed E-state index contributed by atoms with van der Waals surface area (Å²) in [7, 11) is 0. The van der Waals surface area contributed by atoms with Crippen molar-refractivity contribution in [2.45, 2.75) is 38.6 Å². The van der Waals surface area contributed by atoms with Gasteiger partial charge in [-0.05, 0) is 32.6 Å². The van der Waals surface area contributed by atoms with Gasteiger partial charge in [0.05, 0.1) is 12.4 Å². The Hall–Kier alpha value is -1.91. The van der Waals surface area contributed by atoms with Gasteiger partial charge in [-0.15, -0.1) is 0 Å². The molecule has 1 aromatic rings. The van der Waals surface area contributed by atoms with E-state index < -0.39 is 0 Å². The van der Waals surface area contributed by atoms with Crippen molar-refractivity contribution in [2.24, 2.45) is 0 Å². The first kappa shape index (κ1) is 12.5. The highest BCUT2D eigenvalue weighted by molar-refractivity contribution is 5.92. The SMILES string of the molecule is C[C@H](NC(=O)c1cncc(=O)[nH]1)C1=CCCCC1. The number of amides is 1. The van der Waals surface area contributed by atoms with Crippen molar-refractivity contribution in [3.8, 4) is 0 Å². The first-order valence-corrected chi connectivity index (χ1v) is 6.21. The van der Waals surface area contributed by atoms with Gasteiger partial charge in [0.15, 0.2) is 0 Å². The Labute approximate surface area is 105 Å². The maximum atomic E-state index is 11.9. The minimum Gasteiger partial charge on any atom is -0.345 e. The van der Waals surface area contributed by atoms with Crippen LogP contribution in [0, 0.1) is 0 Å².